The number of aliphatic hydroxyl groups excluding tert-OH is 1. The van der Waals surface area contributed by atoms with Crippen LogP contribution in [-0.2, 0) is 4.79 Å². The van der Waals surface area contributed by atoms with Gasteiger partial charge in [-0.3, -0.25) is 4.79 Å². The van der Waals surface area contributed by atoms with Crippen LogP contribution in [0.25, 0.3) is 0 Å². The van der Waals surface area contributed by atoms with Gasteiger partial charge in [0.1, 0.15) is 0 Å². The maximum absolute atomic E-state index is 11.4. The van der Waals surface area contributed by atoms with Crippen LogP contribution in [0.4, 0.5) is 0 Å². The molecule has 0 aliphatic rings. The van der Waals surface area contributed by atoms with Crippen LogP contribution in [0.1, 0.15) is 103 Å². The van der Waals surface area contributed by atoms with Gasteiger partial charge in [0.25, 0.3) is 0 Å². The molecule has 0 spiro atoms. The maximum Gasteiger partial charge on any atom is 0.220 e. The second-order valence-corrected chi connectivity index (χ2v) is 6.92. The highest BCUT2D eigenvalue weighted by Gasteiger charge is 1.99. The Hall–Kier alpha value is -0.610. The van der Waals surface area contributed by atoms with Crippen LogP contribution in [0.5, 0.6) is 0 Å². The number of unbranched alkanes of at least 4 members (excludes halogenated alkanes) is 14. The Balaban J connectivity index is 3.04. The zero-order chi connectivity index (χ0) is 17.7. The van der Waals surface area contributed by atoms with Crippen molar-refractivity contribution in [2.24, 2.45) is 5.73 Å². The van der Waals surface area contributed by atoms with Crippen molar-refractivity contribution in [1.29, 1.82) is 0 Å². The summed E-state index contributed by atoms with van der Waals surface area (Å²) in [5.41, 5.74) is 5.34. The molecule has 0 saturated carbocycles. The Morgan fingerprint density at radius 2 is 1.04 bits per heavy atom. The Morgan fingerprint density at radius 3 is 1.42 bits per heavy atom. The lowest BCUT2D eigenvalue weighted by Gasteiger charge is -2.04. The number of rotatable bonds is 19. The summed E-state index contributed by atoms with van der Waals surface area (Å²) in [6, 6.07) is 0. The van der Waals surface area contributed by atoms with Gasteiger partial charge in [-0.1, -0.05) is 83.5 Å². The molecule has 0 rings (SSSR count). The standard InChI is InChI=1S/C20H42N2O2/c21-17-18-22-20(24)16-14-12-10-8-6-4-2-1-3-5-7-9-11-13-15-19-23/h23H,1-19,21H2,(H,22,24). The maximum atomic E-state index is 11.4. The van der Waals surface area contributed by atoms with Crippen LogP contribution < -0.4 is 11.1 Å². The molecule has 0 saturated heterocycles. The topological polar surface area (TPSA) is 75.3 Å². The summed E-state index contributed by atoms with van der Waals surface area (Å²) in [4.78, 5) is 11.4. The van der Waals surface area contributed by atoms with Crippen LogP contribution in [-0.4, -0.2) is 30.7 Å². The molecule has 0 aromatic carbocycles. The van der Waals surface area contributed by atoms with Crippen LogP contribution >= 0.6 is 0 Å². The van der Waals surface area contributed by atoms with E-state index < -0.39 is 0 Å². The first-order valence-electron chi connectivity index (χ1n) is 10.4. The van der Waals surface area contributed by atoms with E-state index in [0.717, 1.165) is 12.8 Å². The molecule has 0 bridgehead atoms. The van der Waals surface area contributed by atoms with E-state index in [1.54, 1.807) is 0 Å². The van der Waals surface area contributed by atoms with Crippen molar-refractivity contribution in [1.82, 2.24) is 5.32 Å². The number of aliphatic hydroxyl groups is 1. The van der Waals surface area contributed by atoms with E-state index in [9.17, 15) is 4.79 Å². The van der Waals surface area contributed by atoms with Gasteiger partial charge in [0, 0.05) is 26.1 Å². The average Bonchev–Trinajstić information content (AvgIpc) is 2.59. The third-order valence-electron chi connectivity index (χ3n) is 4.53. The monoisotopic (exact) mass is 342 g/mol. The van der Waals surface area contributed by atoms with Gasteiger partial charge in [-0.2, -0.15) is 0 Å². The fourth-order valence-electron chi connectivity index (χ4n) is 3.00. The summed E-state index contributed by atoms with van der Waals surface area (Å²) in [6.45, 7) is 1.48. The predicted molar refractivity (Wildman–Crippen MR) is 103 cm³/mol. The van der Waals surface area contributed by atoms with Crippen molar-refractivity contribution in [3.05, 3.63) is 0 Å². The molecule has 0 atom stereocenters. The molecule has 0 heterocycles. The molecule has 0 aromatic heterocycles. The second kappa shape index (κ2) is 20.4. The van der Waals surface area contributed by atoms with Crippen molar-refractivity contribution in [2.45, 2.75) is 103 Å². The van der Waals surface area contributed by atoms with E-state index in [0.29, 0.717) is 26.1 Å². The lowest BCUT2D eigenvalue weighted by Crippen LogP contribution is -2.28. The molecule has 4 N–H and O–H groups in total. The summed E-state index contributed by atoms with van der Waals surface area (Å²) in [6.07, 6.45) is 19.8. The fraction of sp³-hybridized carbons (Fsp3) is 0.950. The van der Waals surface area contributed by atoms with Gasteiger partial charge in [0.2, 0.25) is 5.91 Å². The van der Waals surface area contributed by atoms with Crippen molar-refractivity contribution < 1.29 is 9.90 Å². The first-order chi connectivity index (χ1) is 11.8. The van der Waals surface area contributed by atoms with Crippen molar-refractivity contribution >= 4 is 5.91 Å². The normalized spacial score (nSPS) is 10.9. The van der Waals surface area contributed by atoms with E-state index in [-0.39, 0.29) is 5.91 Å². The fourth-order valence-corrected chi connectivity index (χ4v) is 3.00. The van der Waals surface area contributed by atoms with Crippen LogP contribution in [0.3, 0.4) is 0 Å². The summed E-state index contributed by atoms with van der Waals surface area (Å²) in [5, 5.41) is 11.5. The minimum absolute atomic E-state index is 0.147. The molecule has 24 heavy (non-hydrogen) atoms. The zero-order valence-electron chi connectivity index (χ0n) is 15.9. The Kier molecular flexibility index (Phi) is 19.9. The van der Waals surface area contributed by atoms with Gasteiger partial charge in [-0.15, -0.1) is 0 Å². The summed E-state index contributed by atoms with van der Waals surface area (Å²) in [5.74, 6) is 0.147. The number of amides is 1. The molecule has 0 fully saturated rings. The van der Waals surface area contributed by atoms with Crippen LogP contribution in [0, 0.1) is 0 Å². The van der Waals surface area contributed by atoms with Crippen molar-refractivity contribution in [2.75, 3.05) is 19.7 Å². The average molecular weight is 343 g/mol. The first kappa shape index (κ1) is 23.4. The third kappa shape index (κ3) is 19.4. The lowest BCUT2D eigenvalue weighted by molar-refractivity contribution is -0.121. The molecule has 0 aliphatic heterocycles. The van der Waals surface area contributed by atoms with E-state index >= 15 is 0 Å². The SMILES string of the molecule is NCCNC(=O)CCCCCCCCCCCCCCCCCO. The summed E-state index contributed by atoms with van der Waals surface area (Å²) < 4.78 is 0. The van der Waals surface area contributed by atoms with Gasteiger partial charge in [0.05, 0.1) is 0 Å². The molecule has 0 unspecified atom stereocenters. The van der Waals surface area contributed by atoms with Crippen molar-refractivity contribution in [3.63, 3.8) is 0 Å². The van der Waals surface area contributed by atoms with Crippen LogP contribution in [0.15, 0.2) is 0 Å². The van der Waals surface area contributed by atoms with Crippen LogP contribution in [0.2, 0.25) is 0 Å². The number of carbonyl (C=O) groups excluding carboxylic acids is 1. The molecule has 4 heteroatoms. The summed E-state index contributed by atoms with van der Waals surface area (Å²) in [7, 11) is 0. The summed E-state index contributed by atoms with van der Waals surface area (Å²) >= 11 is 0. The quantitative estimate of drug-likeness (QED) is 0.306. The number of hydrogen-bond donors (Lipinski definition) is 3. The number of nitrogens with one attached hydrogen (secondary N) is 1. The molecule has 4 nitrogen and oxygen atoms in total. The highest BCUT2D eigenvalue weighted by molar-refractivity contribution is 5.75. The second-order valence-electron chi connectivity index (χ2n) is 6.92. The van der Waals surface area contributed by atoms with Crippen molar-refractivity contribution in [3.8, 4) is 0 Å². The zero-order valence-corrected chi connectivity index (χ0v) is 15.9. The van der Waals surface area contributed by atoms with E-state index in [1.165, 1.54) is 83.5 Å². The number of hydrogen-bond acceptors (Lipinski definition) is 3. The Morgan fingerprint density at radius 1 is 0.667 bits per heavy atom. The van der Waals surface area contributed by atoms with Gasteiger partial charge in [0.15, 0.2) is 0 Å². The Bertz CT molecular complexity index is 260. The highest BCUT2D eigenvalue weighted by Crippen LogP contribution is 2.13. The third-order valence-corrected chi connectivity index (χ3v) is 4.53. The highest BCUT2D eigenvalue weighted by atomic mass is 16.2. The largest absolute Gasteiger partial charge is 0.396 e. The molecule has 0 aromatic rings. The predicted octanol–water partition coefficient (Wildman–Crippen LogP) is 4.30. The smallest absolute Gasteiger partial charge is 0.220 e. The van der Waals surface area contributed by atoms with E-state index in [2.05, 4.69) is 5.32 Å². The van der Waals surface area contributed by atoms with Gasteiger partial charge < -0.3 is 16.2 Å². The van der Waals surface area contributed by atoms with E-state index in [4.69, 9.17) is 10.8 Å². The number of nitrogens with two attached hydrogens (primary N) is 1. The molecule has 0 aliphatic carbocycles. The van der Waals surface area contributed by atoms with Gasteiger partial charge in [-0.05, 0) is 12.8 Å². The minimum Gasteiger partial charge on any atom is -0.396 e. The number of carbonyl (C=O) groups is 1. The molecule has 1 amide bonds. The Labute approximate surface area is 150 Å². The molecular formula is C20H42N2O2. The molecule has 144 valence electrons. The lowest BCUT2D eigenvalue weighted by atomic mass is 10.0. The van der Waals surface area contributed by atoms with E-state index in [1.807, 2.05) is 0 Å². The molecular weight excluding hydrogens is 300 g/mol. The molecule has 0 radical (unpaired) electrons. The van der Waals surface area contributed by atoms with Gasteiger partial charge in [-0.25, -0.2) is 0 Å². The minimum atomic E-state index is 0.147. The first-order valence-corrected chi connectivity index (χ1v) is 10.4. The van der Waals surface area contributed by atoms with Gasteiger partial charge >= 0.3 is 0 Å².